The summed E-state index contributed by atoms with van der Waals surface area (Å²) in [5.41, 5.74) is 0.986. The van der Waals surface area contributed by atoms with Crippen molar-refractivity contribution >= 4 is 40.7 Å². The molecule has 0 radical (unpaired) electrons. The van der Waals surface area contributed by atoms with Gasteiger partial charge in [-0.05, 0) is 37.1 Å². The van der Waals surface area contributed by atoms with Crippen molar-refractivity contribution in [2.45, 2.75) is 18.9 Å². The molecule has 0 bridgehead atoms. The fraction of sp³-hybridized carbons (Fsp3) is 0.438. The number of hydrogen-bond acceptors (Lipinski definition) is 3. The number of rotatable bonds is 2. The third-order valence-electron chi connectivity index (χ3n) is 4.34. The van der Waals surface area contributed by atoms with Gasteiger partial charge in [0.15, 0.2) is 0 Å². The van der Waals surface area contributed by atoms with Gasteiger partial charge in [0.05, 0.1) is 5.52 Å². The highest BCUT2D eigenvalue weighted by molar-refractivity contribution is 6.31. The van der Waals surface area contributed by atoms with E-state index in [0.717, 1.165) is 40.9 Å². The van der Waals surface area contributed by atoms with Gasteiger partial charge in [-0.1, -0.05) is 17.7 Å². The summed E-state index contributed by atoms with van der Waals surface area (Å²) in [6.07, 6.45) is 2.79. The third-order valence-corrected chi connectivity index (χ3v) is 4.58. The number of nitrogens with zero attached hydrogens (tertiary/aromatic N) is 3. The van der Waals surface area contributed by atoms with E-state index in [1.54, 1.807) is 0 Å². The van der Waals surface area contributed by atoms with Crippen LogP contribution in [0.1, 0.15) is 12.8 Å². The van der Waals surface area contributed by atoms with Crippen LogP contribution in [0.15, 0.2) is 30.3 Å². The van der Waals surface area contributed by atoms with Crippen LogP contribution in [0, 0.1) is 0 Å². The molecule has 1 aliphatic carbocycles. The zero-order chi connectivity index (χ0) is 13.5. The second-order valence-electron chi connectivity index (χ2n) is 5.76. The topological polar surface area (TPSA) is 19.4 Å². The molecule has 5 heteroatoms. The van der Waals surface area contributed by atoms with Gasteiger partial charge in [-0.3, -0.25) is 4.90 Å². The zero-order valence-corrected chi connectivity index (χ0v) is 13.4. The highest BCUT2D eigenvalue weighted by Crippen LogP contribution is 2.28. The van der Waals surface area contributed by atoms with Crippen molar-refractivity contribution in [2.24, 2.45) is 0 Å². The van der Waals surface area contributed by atoms with Crippen LogP contribution in [0.5, 0.6) is 0 Å². The second kappa shape index (κ2) is 5.99. The molecule has 2 aromatic rings. The zero-order valence-electron chi connectivity index (χ0n) is 11.8. The molecule has 4 rings (SSSR count). The van der Waals surface area contributed by atoms with Gasteiger partial charge in [-0.25, -0.2) is 4.98 Å². The molecular weight excluding hydrogens is 305 g/mol. The molecule has 1 aromatic carbocycles. The van der Waals surface area contributed by atoms with Crippen molar-refractivity contribution in [3.8, 4) is 0 Å². The van der Waals surface area contributed by atoms with E-state index in [0.29, 0.717) is 0 Å². The molecule has 1 saturated carbocycles. The Morgan fingerprint density at radius 3 is 2.43 bits per heavy atom. The third kappa shape index (κ3) is 3.10. The average Bonchev–Trinajstić information content (AvgIpc) is 3.31. The van der Waals surface area contributed by atoms with Crippen LogP contribution >= 0.6 is 24.0 Å². The first-order valence-electron chi connectivity index (χ1n) is 7.35. The first kappa shape index (κ1) is 14.9. The Morgan fingerprint density at radius 1 is 1.00 bits per heavy atom. The quantitative estimate of drug-likeness (QED) is 0.841. The molecule has 21 heavy (non-hydrogen) atoms. The number of aromatic nitrogens is 1. The van der Waals surface area contributed by atoms with E-state index in [9.17, 15) is 0 Å². The number of fused-ring (bicyclic) bond motifs is 1. The molecule has 0 spiro atoms. The molecule has 2 fully saturated rings. The molecule has 0 unspecified atom stereocenters. The SMILES string of the molecule is Cl.Clc1ccc2ccc(N3CCN(C4CC4)CC3)nc2c1. The standard InChI is InChI=1S/C16H18ClN3.ClH/c17-13-3-1-12-2-6-16(18-15(12)11-13)20-9-7-19(8-10-20)14-4-5-14;/h1-3,6,11,14H,4-5,7-10H2;1H. The summed E-state index contributed by atoms with van der Waals surface area (Å²) < 4.78 is 0. The number of piperazine rings is 1. The van der Waals surface area contributed by atoms with Crippen LogP contribution in [0.25, 0.3) is 10.9 Å². The van der Waals surface area contributed by atoms with E-state index in [1.165, 1.54) is 25.9 Å². The van der Waals surface area contributed by atoms with E-state index < -0.39 is 0 Å². The van der Waals surface area contributed by atoms with Crippen LogP contribution in [0.2, 0.25) is 5.02 Å². The number of anilines is 1. The fourth-order valence-corrected chi connectivity index (χ4v) is 3.18. The Kier molecular flexibility index (Phi) is 4.25. The van der Waals surface area contributed by atoms with Crippen molar-refractivity contribution in [2.75, 3.05) is 31.1 Å². The Labute approximate surface area is 136 Å². The summed E-state index contributed by atoms with van der Waals surface area (Å²) >= 11 is 6.06. The Hall–Kier alpha value is -1.03. The number of halogens is 2. The maximum Gasteiger partial charge on any atom is 0.129 e. The van der Waals surface area contributed by atoms with Crippen molar-refractivity contribution in [3.63, 3.8) is 0 Å². The summed E-state index contributed by atoms with van der Waals surface area (Å²) in [5, 5.41) is 1.90. The van der Waals surface area contributed by atoms with Crippen LogP contribution < -0.4 is 4.90 Å². The van der Waals surface area contributed by atoms with E-state index >= 15 is 0 Å². The number of pyridine rings is 1. The number of benzene rings is 1. The Bertz CT molecular complexity index is 634. The molecule has 1 saturated heterocycles. The van der Waals surface area contributed by atoms with Gasteiger partial charge in [0.2, 0.25) is 0 Å². The van der Waals surface area contributed by atoms with E-state index in [2.05, 4.69) is 21.9 Å². The first-order chi connectivity index (χ1) is 9.79. The van der Waals surface area contributed by atoms with Crippen molar-refractivity contribution in [1.29, 1.82) is 0 Å². The predicted octanol–water partition coefficient (Wildman–Crippen LogP) is 3.59. The Balaban J connectivity index is 0.00000132. The lowest BCUT2D eigenvalue weighted by atomic mass is 10.2. The van der Waals surface area contributed by atoms with Crippen LogP contribution in [-0.4, -0.2) is 42.1 Å². The summed E-state index contributed by atoms with van der Waals surface area (Å²) in [4.78, 5) is 9.78. The van der Waals surface area contributed by atoms with Crippen molar-refractivity contribution in [3.05, 3.63) is 35.4 Å². The van der Waals surface area contributed by atoms with Crippen LogP contribution in [-0.2, 0) is 0 Å². The minimum atomic E-state index is 0. The maximum absolute atomic E-state index is 6.06. The fourth-order valence-electron chi connectivity index (χ4n) is 3.01. The van der Waals surface area contributed by atoms with E-state index in [-0.39, 0.29) is 12.4 Å². The average molecular weight is 324 g/mol. The Morgan fingerprint density at radius 2 is 1.71 bits per heavy atom. The van der Waals surface area contributed by atoms with Gasteiger partial charge in [-0.15, -0.1) is 12.4 Å². The van der Waals surface area contributed by atoms with E-state index in [1.807, 2.05) is 18.2 Å². The molecule has 0 atom stereocenters. The van der Waals surface area contributed by atoms with Crippen molar-refractivity contribution < 1.29 is 0 Å². The summed E-state index contributed by atoms with van der Waals surface area (Å²) in [5.74, 6) is 1.08. The largest absolute Gasteiger partial charge is 0.354 e. The highest BCUT2D eigenvalue weighted by Gasteiger charge is 2.31. The lowest BCUT2D eigenvalue weighted by Gasteiger charge is -2.35. The lowest BCUT2D eigenvalue weighted by Crippen LogP contribution is -2.47. The molecule has 0 amide bonds. The molecular formula is C16H19Cl2N3. The smallest absolute Gasteiger partial charge is 0.129 e. The lowest BCUT2D eigenvalue weighted by molar-refractivity contribution is 0.247. The minimum Gasteiger partial charge on any atom is -0.354 e. The van der Waals surface area contributed by atoms with Gasteiger partial charge >= 0.3 is 0 Å². The molecule has 2 heterocycles. The van der Waals surface area contributed by atoms with Gasteiger partial charge < -0.3 is 4.90 Å². The van der Waals surface area contributed by atoms with Crippen LogP contribution in [0.3, 0.4) is 0 Å². The molecule has 1 aromatic heterocycles. The van der Waals surface area contributed by atoms with Gasteiger partial charge in [0.1, 0.15) is 5.82 Å². The normalized spacial score (nSPS) is 19.6. The second-order valence-corrected chi connectivity index (χ2v) is 6.20. The van der Waals surface area contributed by atoms with E-state index in [4.69, 9.17) is 16.6 Å². The van der Waals surface area contributed by atoms with Gasteiger partial charge in [0, 0.05) is 42.6 Å². The van der Waals surface area contributed by atoms with Gasteiger partial charge in [0.25, 0.3) is 0 Å². The number of hydrogen-bond donors (Lipinski definition) is 0. The summed E-state index contributed by atoms with van der Waals surface area (Å²) in [6.45, 7) is 4.49. The summed E-state index contributed by atoms with van der Waals surface area (Å²) in [7, 11) is 0. The monoisotopic (exact) mass is 323 g/mol. The first-order valence-corrected chi connectivity index (χ1v) is 7.73. The molecule has 0 N–H and O–H groups in total. The van der Waals surface area contributed by atoms with Crippen molar-refractivity contribution in [1.82, 2.24) is 9.88 Å². The van der Waals surface area contributed by atoms with Crippen LogP contribution in [0.4, 0.5) is 5.82 Å². The molecule has 2 aliphatic rings. The molecule has 1 aliphatic heterocycles. The predicted molar refractivity (Wildman–Crippen MR) is 90.8 cm³/mol. The molecule has 3 nitrogen and oxygen atoms in total. The molecule has 112 valence electrons. The van der Waals surface area contributed by atoms with Gasteiger partial charge in [-0.2, -0.15) is 0 Å². The highest BCUT2D eigenvalue weighted by atomic mass is 35.5. The minimum absolute atomic E-state index is 0. The maximum atomic E-state index is 6.06. The summed E-state index contributed by atoms with van der Waals surface area (Å²) in [6, 6.07) is 11.0.